The number of amides is 1. The van der Waals surface area contributed by atoms with Gasteiger partial charge in [-0.3, -0.25) is 9.59 Å². The second-order valence-electron chi connectivity index (χ2n) is 6.38. The number of thioether (sulfide) groups is 1. The van der Waals surface area contributed by atoms with Gasteiger partial charge in [0.15, 0.2) is 5.16 Å². The summed E-state index contributed by atoms with van der Waals surface area (Å²) in [6.07, 6.45) is -0.158. The highest BCUT2D eigenvalue weighted by Gasteiger charge is 2.32. The largest absolute Gasteiger partial charge is 0.310 e. The number of aromatic amines is 1. The first-order chi connectivity index (χ1) is 13.5. The molecule has 1 aliphatic rings. The number of aromatic nitrogens is 2. The fourth-order valence-electron chi connectivity index (χ4n) is 3.19. The van der Waals surface area contributed by atoms with Crippen LogP contribution in [0, 0.1) is 11.6 Å². The number of H-pyrrole nitrogens is 1. The number of rotatable bonds is 4. The van der Waals surface area contributed by atoms with Crippen LogP contribution in [0.1, 0.15) is 29.0 Å². The van der Waals surface area contributed by atoms with Crippen molar-refractivity contribution >= 4 is 23.5 Å². The van der Waals surface area contributed by atoms with Gasteiger partial charge < -0.3 is 10.3 Å². The molecule has 1 aromatic heterocycles. The molecule has 0 unspecified atom stereocenters. The number of nitrogens with one attached hydrogen (secondary N) is 2. The summed E-state index contributed by atoms with van der Waals surface area (Å²) in [5.41, 5.74) is 0.673. The SMILES string of the molecule is O=C1C[C@@H](c2cc(F)ccc2F)c2c(nc(SCc3ccccc3)[nH]c2=O)N1. The summed E-state index contributed by atoms with van der Waals surface area (Å²) in [6, 6.07) is 12.6. The molecule has 0 radical (unpaired) electrons. The normalized spacial score (nSPS) is 15.8. The number of hydrogen-bond acceptors (Lipinski definition) is 4. The highest BCUT2D eigenvalue weighted by Crippen LogP contribution is 2.36. The maximum atomic E-state index is 14.3. The van der Waals surface area contributed by atoms with E-state index >= 15 is 0 Å². The Morgan fingerprint density at radius 3 is 2.68 bits per heavy atom. The predicted molar refractivity (Wildman–Crippen MR) is 102 cm³/mol. The van der Waals surface area contributed by atoms with Gasteiger partial charge in [-0.15, -0.1) is 0 Å². The molecule has 2 N–H and O–H groups in total. The molecule has 0 saturated carbocycles. The Morgan fingerprint density at radius 1 is 1.11 bits per heavy atom. The third-order valence-electron chi connectivity index (χ3n) is 4.48. The minimum atomic E-state index is -0.899. The molecule has 4 rings (SSSR count). The lowest BCUT2D eigenvalue weighted by atomic mass is 9.86. The van der Waals surface area contributed by atoms with Gasteiger partial charge in [-0.2, -0.15) is 0 Å². The van der Waals surface area contributed by atoms with Gasteiger partial charge in [0.05, 0.1) is 5.56 Å². The molecule has 1 aliphatic heterocycles. The molecule has 2 aromatic carbocycles. The Balaban J connectivity index is 1.70. The van der Waals surface area contributed by atoms with Gasteiger partial charge in [0.2, 0.25) is 5.91 Å². The number of benzene rings is 2. The zero-order valence-corrected chi connectivity index (χ0v) is 15.4. The first-order valence-corrected chi connectivity index (χ1v) is 9.55. The summed E-state index contributed by atoms with van der Waals surface area (Å²) < 4.78 is 27.9. The van der Waals surface area contributed by atoms with Crippen molar-refractivity contribution in [3.8, 4) is 0 Å². The Hall–Kier alpha value is -3.00. The van der Waals surface area contributed by atoms with Crippen LogP contribution in [-0.4, -0.2) is 15.9 Å². The van der Waals surface area contributed by atoms with Crippen molar-refractivity contribution in [2.24, 2.45) is 0 Å². The van der Waals surface area contributed by atoms with E-state index in [2.05, 4.69) is 15.3 Å². The van der Waals surface area contributed by atoms with Crippen molar-refractivity contribution in [2.75, 3.05) is 5.32 Å². The van der Waals surface area contributed by atoms with Crippen LogP contribution in [-0.2, 0) is 10.5 Å². The molecule has 5 nitrogen and oxygen atoms in total. The Labute approximate surface area is 163 Å². The number of fused-ring (bicyclic) bond motifs is 1. The zero-order chi connectivity index (χ0) is 19.7. The van der Waals surface area contributed by atoms with Crippen LogP contribution in [0.3, 0.4) is 0 Å². The van der Waals surface area contributed by atoms with E-state index < -0.39 is 29.0 Å². The Bertz CT molecular complexity index is 1100. The summed E-state index contributed by atoms with van der Waals surface area (Å²) in [5, 5.41) is 2.91. The molecule has 2 heterocycles. The lowest BCUT2D eigenvalue weighted by Crippen LogP contribution is -2.31. The fraction of sp³-hybridized carbons (Fsp3) is 0.150. The summed E-state index contributed by atoms with van der Waals surface area (Å²) in [4.78, 5) is 31.8. The minimum Gasteiger partial charge on any atom is -0.310 e. The maximum Gasteiger partial charge on any atom is 0.257 e. The van der Waals surface area contributed by atoms with Crippen molar-refractivity contribution < 1.29 is 13.6 Å². The molecule has 142 valence electrons. The number of hydrogen-bond donors (Lipinski definition) is 2. The van der Waals surface area contributed by atoms with Gasteiger partial charge in [-0.05, 0) is 29.3 Å². The zero-order valence-electron chi connectivity index (χ0n) is 14.5. The van der Waals surface area contributed by atoms with Crippen LogP contribution in [0.25, 0.3) is 0 Å². The van der Waals surface area contributed by atoms with E-state index in [9.17, 15) is 18.4 Å². The van der Waals surface area contributed by atoms with Gasteiger partial charge in [0, 0.05) is 18.1 Å². The Kier molecular flexibility index (Phi) is 4.95. The van der Waals surface area contributed by atoms with Crippen molar-refractivity contribution in [1.82, 2.24) is 9.97 Å². The average molecular weight is 399 g/mol. The van der Waals surface area contributed by atoms with Crippen LogP contribution in [0.15, 0.2) is 58.5 Å². The third-order valence-corrected chi connectivity index (χ3v) is 5.43. The lowest BCUT2D eigenvalue weighted by Gasteiger charge is -2.24. The average Bonchev–Trinajstić information content (AvgIpc) is 2.68. The molecular weight excluding hydrogens is 384 g/mol. The van der Waals surface area contributed by atoms with E-state index in [0.29, 0.717) is 10.9 Å². The minimum absolute atomic E-state index is 0.0342. The van der Waals surface area contributed by atoms with Crippen molar-refractivity contribution in [2.45, 2.75) is 23.2 Å². The van der Waals surface area contributed by atoms with Crippen LogP contribution >= 0.6 is 11.8 Å². The topological polar surface area (TPSA) is 74.8 Å². The van der Waals surface area contributed by atoms with Gasteiger partial charge >= 0.3 is 0 Å². The van der Waals surface area contributed by atoms with Crippen LogP contribution in [0.2, 0.25) is 0 Å². The van der Waals surface area contributed by atoms with E-state index in [1.54, 1.807) is 0 Å². The van der Waals surface area contributed by atoms with E-state index in [-0.39, 0.29) is 23.4 Å². The summed E-state index contributed by atoms with van der Waals surface area (Å²) in [6.45, 7) is 0. The number of anilines is 1. The second-order valence-corrected chi connectivity index (χ2v) is 7.34. The molecule has 3 aromatic rings. The third kappa shape index (κ3) is 3.68. The van der Waals surface area contributed by atoms with E-state index in [1.807, 2.05) is 30.3 Å². The van der Waals surface area contributed by atoms with Crippen LogP contribution < -0.4 is 10.9 Å². The second kappa shape index (κ2) is 7.55. The molecule has 0 spiro atoms. The van der Waals surface area contributed by atoms with Gasteiger partial charge in [-0.25, -0.2) is 13.8 Å². The molecule has 8 heteroatoms. The van der Waals surface area contributed by atoms with Gasteiger partial charge in [0.25, 0.3) is 5.56 Å². The standard InChI is InChI=1S/C20H15F2N3O2S/c21-12-6-7-15(22)13(8-12)14-9-16(26)23-18-17(14)19(27)25-20(24-18)28-10-11-4-2-1-3-5-11/h1-8,14H,9-10H2,(H2,23,24,25,26,27)/t14-/m0/s1. The van der Waals surface area contributed by atoms with Crippen molar-refractivity contribution in [3.63, 3.8) is 0 Å². The molecule has 1 amide bonds. The number of nitrogens with zero attached hydrogens (tertiary/aromatic N) is 1. The molecule has 0 aliphatic carbocycles. The fourth-order valence-corrected chi connectivity index (χ4v) is 4.01. The Morgan fingerprint density at radius 2 is 1.89 bits per heavy atom. The summed E-state index contributed by atoms with van der Waals surface area (Å²) in [5.74, 6) is -1.94. The van der Waals surface area contributed by atoms with E-state index in [4.69, 9.17) is 0 Å². The van der Waals surface area contributed by atoms with Crippen LogP contribution in [0.5, 0.6) is 0 Å². The predicted octanol–water partition coefficient (Wildman–Crippen LogP) is 3.81. The molecule has 1 atom stereocenters. The quantitative estimate of drug-likeness (QED) is 0.517. The smallest absolute Gasteiger partial charge is 0.257 e. The first kappa shape index (κ1) is 18.4. The highest BCUT2D eigenvalue weighted by atomic mass is 32.2. The van der Waals surface area contributed by atoms with Crippen LogP contribution in [0.4, 0.5) is 14.6 Å². The summed E-state index contributed by atoms with van der Waals surface area (Å²) >= 11 is 1.31. The van der Waals surface area contributed by atoms with Crippen molar-refractivity contribution in [3.05, 3.63) is 87.2 Å². The van der Waals surface area contributed by atoms with Gasteiger partial charge in [-0.1, -0.05) is 42.1 Å². The highest BCUT2D eigenvalue weighted by molar-refractivity contribution is 7.98. The number of carbonyl (C=O) groups excluding carboxylic acids is 1. The summed E-state index contributed by atoms with van der Waals surface area (Å²) in [7, 11) is 0. The monoisotopic (exact) mass is 399 g/mol. The van der Waals surface area contributed by atoms with E-state index in [1.165, 1.54) is 11.8 Å². The number of carbonyl (C=O) groups is 1. The molecule has 0 saturated heterocycles. The lowest BCUT2D eigenvalue weighted by molar-refractivity contribution is -0.116. The van der Waals surface area contributed by atoms with Crippen molar-refractivity contribution in [1.29, 1.82) is 0 Å². The van der Waals surface area contributed by atoms with E-state index in [0.717, 1.165) is 23.8 Å². The molecule has 0 bridgehead atoms. The maximum absolute atomic E-state index is 14.3. The van der Waals surface area contributed by atoms with Gasteiger partial charge in [0.1, 0.15) is 17.5 Å². The molecule has 0 fully saturated rings. The number of halogens is 2. The molecule has 28 heavy (non-hydrogen) atoms. The molecular formula is C20H15F2N3O2S. The first-order valence-electron chi connectivity index (χ1n) is 8.57.